The van der Waals surface area contributed by atoms with E-state index in [1.807, 2.05) is 48.5 Å². The first-order valence-electron chi connectivity index (χ1n) is 9.07. The van der Waals surface area contributed by atoms with Gasteiger partial charge < -0.3 is 10.1 Å². The number of anilines is 1. The maximum Gasteiger partial charge on any atom is 0.331 e. The van der Waals surface area contributed by atoms with Crippen LogP contribution < -0.4 is 5.32 Å². The summed E-state index contributed by atoms with van der Waals surface area (Å²) in [5, 5.41) is 3.46. The zero-order valence-electron chi connectivity index (χ0n) is 16.0. The summed E-state index contributed by atoms with van der Waals surface area (Å²) >= 11 is 1.48. The smallest absolute Gasteiger partial charge is 0.331 e. The number of nitrogens with one attached hydrogen (secondary N) is 1. The van der Waals surface area contributed by atoms with Gasteiger partial charge in [-0.1, -0.05) is 38.1 Å². The minimum atomic E-state index is -0.905. The molecule has 0 aliphatic rings. The summed E-state index contributed by atoms with van der Waals surface area (Å²) in [4.78, 5) is 28.7. The molecule has 5 nitrogen and oxygen atoms in total. The fourth-order valence-electron chi connectivity index (χ4n) is 2.56. The number of aromatic nitrogens is 1. The van der Waals surface area contributed by atoms with Gasteiger partial charge in [0, 0.05) is 11.8 Å². The van der Waals surface area contributed by atoms with Gasteiger partial charge in [0.15, 0.2) is 6.10 Å². The summed E-state index contributed by atoms with van der Waals surface area (Å²) < 4.78 is 6.23. The maximum atomic E-state index is 12.2. The van der Waals surface area contributed by atoms with Gasteiger partial charge in [-0.3, -0.25) is 4.79 Å². The Morgan fingerprint density at radius 1 is 1.07 bits per heavy atom. The predicted octanol–water partition coefficient (Wildman–Crippen LogP) is 5.00. The van der Waals surface area contributed by atoms with Crippen molar-refractivity contribution in [1.82, 2.24) is 4.98 Å². The highest BCUT2D eigenvalue weighted by molar-refractivity contribution is 7.19. The molecule has 144 valence electrons. The van der Waals surface area contributed by atoms with Gasteiger partial charge in [-0.25, -0.2) is 9.78 Å². The highest BCUT2D eigenvalue weighted by Gasteiger charge is 2.17. The van der Waals surface area contributed by atoms with E-state index in [-0.39, 0.29) is 5.91 Å². The van der Waals surface area contributed by atoms with Gasteiger partial charge in [0.25, 0.3) is 5.91 Å². The largest absolute Gasteiger partial charge is 0.449 e. The molecule has 1 atom stereocenters. The quantitative estimate of drug-likeness (QED) is 0.472. The van der Waals surface area contributed by atoms with E-state index in [1.54, 1.807) is 13.0 Å². The highest BCUT2D eigenvalue weighted by atomic mass is 32.1. The van der Waals surface area contributed by atoms with E-state index >= 15 is 0 Å². The zero-order chi connectivity index (χ0) is 20.1. The number of carbonyl (C=O) groups is 2. The molecule has 1 amide bonds. The lowest BCUT2D eigenvalue weighted by molar-refractivity contribution is -0.148. The molecule has 0 saturated heterocycles. The summed E-state index contributed by atoms with van der Waals surface area (Å²) in [5.41, 5.74) is 2.75. The van der Waals surface area contributed by atoms with E-state index in [2.05, 4.69) is 24.1 Å². The number of rotatable bonds is 6. The summed E-state index contributed by atoms with van der Waals surface area (Å²) in [6, 6.07) is 15.4. The van der Waals surface area contributed by atoms with Crippen molar-refractivity contribution in [1.29, 1.82) is 0 Å². The molecule has 3 rings (SSSR count). The Labute approximate surface area is 168 Å². The van der Waals surface area contributed by atoms with Crippen molar-refractivity contribution in [2.24, 2.45) is 0 Å². The van der Waals surface area contributed by atoms with Crippen molar-refractivity contribution in [2.45, 2.75) is 32.8 Å². The average molecular weight is 394 g/mol. The van der Waals surface area contributed by atoms with Gasteiger partial charge in [0.1, 0.15) is 5.01 Å². The SMILES string of the molecule is CC(C)c1ccc(NC(=O)[C@@H](C)OC(=O)/C=C/c2nc3ccccc3s2)cc1. The van der Waals surface area contributed by atoms with Crippen LogP contribution in [0.15, 0.2) is 54.6 Å². The van der Waals surface area contributed by atoms with E-state index in [0.717, 1.165) is 10.2 Å². The Bertz CT molecular complexity index is 973. The number of esters is 1. The van der Waals surface area contributed by atoms with E-state index in [0.29, 0.717) is 16.6 Å². The molecule has 6 heteroatoms. The van der Waals surface area contributed by atoms with Crippen LogP contribution in [-0.2, 0) is 14.3 Å². The third-order valence-electron chi connectivity index (χ3n) is 4.18. The third-order valence-corrected chi connectivity index (χ3v) is 5.18. The Morgan fingerprint density at radius 3 is 2.46 bits per heavy atom. The molecule has 28 heavy (non-hydrogen) atoms. The molecule has 0 aliphatic carbocycles. The van der Waals surface area contributed by atoms with Crippen molar-refractivity contribution in [3.8, 4) is 0 Å². The number of carbonyl (C=O) groups excluding carboxylic acids is 2. The molecule has 0 saturated carbocycles. The number of nitrogens with zero attached hydrogens (tertiary/aromatic N) is 1. The normalized spacial score (nSPS) is 12.4. The second-order valence-corrected chi connectivity index (χ2v) is 7.76. The van der Waals surface area contributed by atoms with Gasteiger partial charge in [0.05, 0.1) is 10.2 Å². The van der Waals surface area contributed by atoms with Crippen LogP contribution >= 0.6 is 11.3 Å². The molecule has 0 unspecified atom stereocenters. The fourth-order valence-corrected chi connectivity index (χ4v) is 3.43. The van der Waals surface area contributed by atoms with E-state index < -0.39 is 12.1 Å². The number of hydrogen-bond acceptors (Lipinski definition) is 5. The Balaban J connectivity index is 1.54. The molecular formula is C22H22N2O3S. The lowest BCUT2D eigenvalue weighted by Crippen LogP contribution is -2.29. The highest BCUT2D eigenvalue weighted by Crippen LogP contribution is 2.22. The zero-order valence-corrected chi connectivity index (χ0v) is 16.8. The fraction of sp³-hybridized carbons (Fsp3) is 0.227. The topological polar surface area (TPSA) is 68.3 Å². The van der Waals surface area contributed by atoms with Crippen molar-refractivity contribution >= 4 is 45.2 Å². The average Bonchev–Trinajstić information content (AvgIpc) is 3.09. The van der Waals surface area contributed by atoms with Crippen LogP contribution in [0, 0.1) is 0 Å². The summed E-state index contributed by atoms with van der Waals surface area (Å²) in [7, 11) is 0. The Kier molecular flexibility index (Phi) is 6.21. The first-order chi connectivity index (χ1) is 13.4. The Hall–Kier alpha value is -2.99. The first-order valence-corrected chi connectivity index (χ1v) is 9.89. The molecule has 2 aromatic carbocycles. The molecule has 0 radical (unpaired) electrons. The molecule has 1 aromatic heterocycles. The molecule has 3 aromatic rings. The van der Waals surface area contributed by atoms with Crippen LogP contribution in [0.5, 0.6) is 0 Å². The minimum Gasteiger partial charge on any atom is -0.449 e. The van der Waals surface area contributed by atoms with Crippen molar-refractivity contribution in [2.75, 3.05) is 5.32 Å². The van der Waals surface area contributed by atoms with Crippen LogP contribution in [0.25, 0.3) is 16.3 Å². The van der Waals surface area contributed by atoms with Crippen LogP contribution in [0.2, 0.25) is 0 Å². The summed E-state index contributed by atoms with van der Waals surface area (Å²) in [5.74, 6) is -0.539. The number of benzene rings is 2. The predicted molar refractivity (Wildman–Crippen MR) is 113 cm³/mol. The van der Waals surface area contributed by atoms with Crippen molar-refractivity contribution in [3.63, 3.8) is 0 Å². The van der Waals surface area contributed by atoms with E-state index in [1.165, 1.54) is 23.0 Å². The monoisotopic (exact) mass is 394 g/mol. The maximum absolute atomic E-state index is 12.2. The molecule has 0 fully saturated rings. The number of fused-ring (bicyclic) bond motifs is 1. The lowest BCUT2D eigenvalue weighted by atomic mass is 10.0. The summed E-state index contributed by atoms with van der Waals surface area (Å²) in [6.07, 6.45) is 1.98. The molecule has 1 heterocycles. The Morgan fingerprint density at radius 2 is 1.79 bits per heavy atom. The number of ether oxygens (including phenoxy) is 1. The van der Waals surface area contributed by atoms with Gasteiger partial charge in [-0.15, -0.1) is 11.3 Å². The van der Waals surface area contributed by atoms with Gasteiger partial charge >= 0.3 is 5.97 Å². The molecular weight excluding hydrogens is 372 g/mol. The second-order valence-electron chi connectivity index (χ2n) is 6.70. The standard InChI is InChI=1S/C22H22N2O3S/c1-14(2)16-8-10-17(11-9-16)23-22(26)15(3)27-21(25)13-12-20-24-18-6-4-5-7-19(18)28-20/h4-15H,1-3H3,(H,23,26)/b13-12+/t15-/m1/s1. The summed E-state index contributed by atoms with van der Waals surface area (Å²) in [6.45, 7) is 5.76. The number of hydrogen-bond donors (Lipinski definition) is 1. The van der Waals surface area contributed by atoms with Crippen molar-refractivity contribution < 1.29 is 14.3 Å². The molecule has 0 aliphatic heterocycles. The van der Waals surface area contributed by atoms with E-state index in [9.17, 15) is 9.59 Å². The van der Waals surface area contributed by atoms with Gasteiger partial charge in [-0.05, 0) is 48.7 Å². The first kappa shape index (κ1) is 19.8. The lowest BCUT2D eigenvalue weighted by Gasteiger charge is -2.13. The van der Waals surface area contributed by atoms with E-state index in [4.69, 9.17) is 4.74 Å². The van der Waals surface area contributed by atoms with Crippen LogP contribution in [-0.4, -0.2) is 23.0 Å². The number of para-hydroxylation sites is 1. The van der Waals surface area contributed by atoms with Crippen LogP contribution in [0.3, 0.4) is 0 Å². The number of thiazole rings is 1. The van der Waals surface area contributed by atoms with Crippen LogP contribution in [0.1, 0.15) is 37.3 Å². The minimum absolute atomic E-state index is 0.376. The molecule has 1 N–H and O–H groups in total. The second kappa shape index (κ2) is 8.80. The number of amides is 1. The molecule has 0 spiro atoms. The molecule has 0 bridgehead atoms. The van der Waals surface area contributed by atoms with Crippen molar-refractivity contribution in [3.05, 3.63) is 65.2 Å². The van der Waals surface area contributed by atoms with Gasteiger partial charge in [0.2, 0.25) is 0 Å². The van der Waals surface area contributed by atoms with Gasteiger partial charge in [-0.2, -0.15) is 0 Å². The van der Waals surface area contributed by atoms with Crippen LogP contribution in [0.4, 0.5) is 5.69 Å². The third kappa shape index (κ3) is 5.04.